The van der Waals surface area contributed by atoms with Gasteiger partial charge < -0.3 is 9.80 Å². The van der Waals surface area contributed by atoms with E-state index in [-0.39, 0.29) is 39.2 Å². The van der Waals surface area contributed by atoms with Gasteiger partial charge in [0.25, 0.3) is 6.71 Å². The molecule has 0 amide bonds. The molecule has 0 saturated heterocycles. The number of thiophene rings is 1. The fourth-order valence-corrected chi connectivity index (χ4v) is 16.4. The van der Waals surface area contributed by atoms with Gasteiger partial charge in [-0.25, -0.2) is 0 Å². The molecule has 0 saturated carbocycles. The summed E-state index contributed by atoms with van der Waals surface area (Å²) in [7, 11) is 0. The highest BCUT2D eigenvalue weighted by Crippen LogP contribution is 2.57. The number of rotatable bonds is 3. The Morgan fingerprint density at radius 1 is 0.413 bits per heavy atom. The zero-order valence-electron chi connectivity index (χ0n) is 46.8. The molecule has 4 heteroatoms. The lowest BCUT2D eigenvalue weighted by atomic mass is 9.35. The second-order valence-corrected chi connectivity index (χ2v) is 28.8. The third kappa shape index (κ3) is 6.82. The van der Waals surface area contributed by atoms with Gasteiger partial charge in [0.15, 0.2) is 0 Å². The molecule has 3 aliphatic carbocycles. The molecule has 9 aromatic rings. The van der Waals surface area contributed by atoms with Crippen LogP contribution in [0.2, 0.25) is 0 Å². The second kappa shape index (κ2) is 15.5. The Morgan fingerprint density at radius 3 is 1.53 bits per heavy atom. The van der Waals surface area contributed by atoms with E-state index in [4.69, 9.17) is 0 Å². The lowest BCUT2D eigenvalue weighted by Gasteiger charge is -2.48. The number of fused-ring (bicyclic) bond motifs is 12. The van der Waals surface area contributed by atoms with Crippen molar-refractivity contribution in [2.45, 2.75) is 161 Å². The molecule has 1 aromatic heterocycles. The van der Waals surface area contributed by atoms with Crippen molar-refractivity contribution in [1.82, 2.24) is 0 Å². The van der Waals surface area contributed by atoms with Crippen LogP contribution in [0.4, 0.5) is 34.1 Å². The van der Waals surface area contributed by atoms with Crippen molar-refractivity contribution in [3.63, 3.8) is 0 Å². The van der Waals surface area contributed by atoms with Crippen LogP contribution in [0.5, 0.6) is 0 Å². The van der Waals surface area contributed by atoms with Crippen molar-refractivity contribution in [1.29, 1.82) is 0 Å². The second-order valence-electron chi connectivity index (χ2n) is 27.8. The van der Waals surface area contributed by atoms with Gasteiger partial charge >= 0.3 is 0 Å². The first kappa shape index (κ1) is 47.4. The van der Waals surface area contributed by atoms with Gasteiger partial charge in [-0.15, -0.1) is 11.3 Å². The van der Waals surface area contributed by atoms with Gasteiger partial charge in [0.05, 0.1) is 11.4 Å². The molecule has 2 aliphatic heterocycles. The third-order valence-corrected chi connectivity index (χ3v) is 21.2. The standard InChI is InChI=1S/C71H73BN2S/c1-42-33-60-63-61(34-42)74(58-39-54-51(66(2,3)27-30-69(54,8)9)36-49(58)43-19-15-14-16-20-43)59-40-55-53(68(6,7)29-31-70(55,10)11)38-57(59)72(63)65-64(50-37-52-56(41-62(50)75-65)71(12,13)32-28-67(52,4)5)73(60)46-26-25-45-24-23-44-21-17-18-22-47(44)48(45)35-46/h14-26,33-41H,27-32H2,1-13H3. The van der Waals surface area contributed by atoms with E-state index in [2.05, 4.69) is 245 Å². The maximum absolute atomic E-state index is 2.78. The summed E-state index contributed by atoms with van der Waals surface area (Å²) in [5, 5.41) is 6.54. The van der Waals surface area contributed by atoms with Crippen LogP contribution in [-0.4, -0.2) is 6.71 Å². The van der Waals surface area contributed by atoms with Gasteiger partial charge in [-0.05, 0) is 210 Å². The molecule has 0 fully saturated rings. The van der Waals surface area contributed by atoms with E-state index in [1.54, 1.807) is 0 Å². The average Bonchev–Trinajstić information content (AvgIpc) is 3.77. The van der Waals surface area contributed by atoms with Crippen LogP contribution >= 0.6 is 11.3 Å². The SMILES string of the molecule is Cc1cc2c3c(c1)N(c1ccc4ccc5ccccc5c4c1)c1c(sc4cc5c(cc14)C(C)(C)CCC5(C)C)B3c1cc3c(cc1N2c1cc2c(cc1-c1ccccc1)C(C)(C)CCC2(C)C)C(C)(C)CCC3(C)C. The van der Waals surface area contributed by atoms with E-state index in [1.807, 2.05) is 0 Å². The minimum Gasteiger partial charge on any atom is -0.311 e. The van der Waals surface area contributed by atoms with Gasteiger partial charge in [0.2, 0.25) is 0 Å². The molecule has 3 heterocycles. The van der Waals surface area contributed by atoms with Gasteiger partial charge in [0.1, 0.15) is 0 Å². The predicted octanol–water partition coefficient (Wildman–Crippen LogP) is 18.3. The summed E-state index contributed by atoms with van der Waals surface area (Å²) in [4.78, 5) is 5.51. The van der Waals surface area contributed by atoms with Crippen LogP contribution in [0.3, 0.4) is 0 Å². The first-order valence-corrected chi connectivity index (χ1v) is 29.1. The van der Waals surface area contributed by atoms with Crippen LogP contribution in [0, 0.1) is 6.92 Å². The third-order valence-electron chi connectivity index (χ3n) is 20.0. The summed E-state index contributed by atoms with van der Waals surface area (Å²) in [6.07, 6.45) is 7.05. The fraction of sp³-hybridized carbons (Fsp3) is 0.352. The van der Waals surface area contributed by atoms with Gasteiger partial charge in [0, 0.05) is 43.2 Å². The molecule has 8 aromatic carbocycles. The minimum atomic E-state index is 0.0230. The molecular formula is C71H73BN2S. The Morgan fingerprint density at radius 2 is 0.907 bits per heavy atom. The normalized spacial score (nSPS) is 19.8. The van der Waals surface area contributed by atoms with E-state index in [0.29, 0.717) is 0 Å². The largest absolute Gasteiger partial charge is 0.311 e. The maximum Gasteiger partial charge on any atom is 0.264 e. The molecule has 2 nitrogen and oxygen atoms in total. The smallest absolute Gasteiger partial charge is 0.264 e. The van der Waals surface area contributed by atoms with Crippen molar-refractivity contribution in [3.8, 4) is 11.1 Å². The van der Waals surface area contributed by atoms with Gasteiger partial charge in [-0.1, -0.05) is 162 Å². The average molecular weight is 997 g/mol. The summed E-state index contributed by atoms with van der Waals surface area (Å²) in [5.41, 5.74) is 23.9. The Hall–Kier alpha value is -6.10. The first-order valence-electron chi connectivity index (χ1n) is 28.2. The van der Waals surface area contributed by atoms with E-state index in [9.17, 15) is 0 Å². The zero-order chi connectivity index (χ0) is 52.1. The Kier molecular flexibility index (Phi) is 9.81. The van der Waals surface area contributed by atoms with E-state index >= 15 is 0 Å². The van der Waals surface area contributed by atoms with Crippen LogP contribution < -0.4 is 25.5 Å². The predicted molar refractivity (Wildman–Crippen MR) is 327 cm³/mol. The highest BCUT2D eigenvalue weighted by Gasteiger charge is 2.50. The van der Waals surface area contributed by atoms with Crippen LogP contribution in [0.15, 0.2) is 133 Å². The molecular weight excluding hydrogens is 924 g/mol. The molecule has 5 aliphatic rings. The van der Waals surface area contributed by atoms with Crippen LogP contribution in [-0.2, 0) is 32.5 Å². The monoisotopic (exact) mass is 997 g/mol. The van der Waals surface area contributed by atoms with Gasteiger partial charge in [-0.3, -0.25) is 0 Å². The molecule has 0 radical (unpaired) electrons. The van der Waals surface area contributed by atoms with Crippen molar-refractivity contribution in [3.05, 3.63) is 172 Å². The number of nitrogens with zero attached hydrogens (tertiary/aromatic N) is 2. The Labute approximate surface area is 451 Å². The molecule has 14 rings (SSSR count). The van der Waals surface area contributed by atoms with Crippen molar-refractivity contribution in [2.75, 3.05) is 9.80 Å². The molecule has 0 bridgehead atoms. The quantitative estimate of drug-likeness (QED) is 0.129. The molecule has 0 N–H and O–H groups in total. The van der Waals surface area contributed by atoms with Crippen LogP contribution in [0.1, 0.15) is 161 Å². The molecule has 0 atom stereocenters. The zero-order valence-corrected chi connectivity index (χ0v) is 47.6. The summed E-state index contributed by atoms with van der Waals surface area (Å²) in [6.45, 7) is 32.4. The van der Waals surface area contributed by atoms with Gasteiger partial charge in [-0.2, -0.15) is 0 Å². The van der Waals surface area contributed by atoms with E-state index in [0.717, 1.165) is 6.42 Å². The topological polar surface area (TPSA) is 6.48 Å². The highest BCUT2D eigenvalue weighted by molar-refractivity contribution is 7.33. The molecule has 75 heavy (non-hydrogen) atoms. The highest BCUT2D eigenvalue weighted by atomic mass is 32.1. The lowest BCUT2D eigenvalue weighted by molar-refractivity contribution is 0.332. The number of hydrogen-bond donors (Lipinski definition) is 0. The maximum atomic E-state index is 2.78. The Bertz CT molecular complexity index is 3940. The molecule has 0 spiro atoms. The lowest BCUT2D eigenvalue weighted by Crippen LogP contribution is -2.61. The number of benzene rings is 8. The van der Waals surface area contributed by atoms with Crippen molar-refractivity contribution >= 4 is 99.5 Å². The van der Waals surface area contributed by atoms with Crippen molar-refractivity contribution < 1.29 is 0 Å². The number of anilines is 6. The summed E-state index contributed by atoms with van der Waals surface area (Å²) < 4.78 is 2.87. The minimum absolute atomic E-state index is 0.0230. The first-order chi connectivity index (χ1) is 35.5. The molecule has 0 unspecified atom stereocenters. The van der Waals surface area contributed by atoms with Crippen molar-refractivity contribution in [2.24, 2.45) is 0 Å². The summed E-state index contributed by atoms with van der Waals surface area (Å²) in [5.74, 6) is 0. The summed E-state index contributed by atoms with van der Waals surface area (Å²) in [6, 6.07) is 53.4. The Balaban J connectivity index is 1.15. The summed E-state index contributed by atoms with van der Waals surface area (Å²) >= 11 is 2.08. The number of hydrogen-bond acceptors (Lipinski definition) is 3. The van der Waals surface area contributed by atoms with E-state index in [1.165, 1.54) is 164 Å². The fourth-order valence-electron chi connectivity index (χ4n) is 15.0. The number of aryl methyl sites for hydroxylation is 1. The molecule has 376 valence electrons. The van der Waals surface area contributed by atoms with Crippen LogP contribution in [0.25, 0.3) is 42.8 Å². The van der Waals surface area contributed by atoms with E-state index < -0.39 is 0 Å².